The van der Waals surface area contributed by atoms with Crippen LogP contribution in [0.15, 0.2) is 6.20 Å². The van der Waals surface area contributed by atoms with Crippen molar-refractivity contribution in [3.8, 4) is 0 Å². The number of likely N-dealkylation sites (tertiary alicyclic amines) is 1. The van der Waals surface area contributed by atoms with Crippen LogP contribution in [0.25, 0.3) is 0 Å². The summed E-state index contributed by atoms with van der Waals surface area (Å²) in [5.74, 6) is 1.71. The van der Waals surface area contributed by atoms with E-state index in [4.69, 9.17) is 0 Å². The molecule has 25 heavy (non-hydrogen) atoms. The van der Waals surface area contributed by atoms with Crippen LogP contribution < -0.4 is 0 Å². The Bertz CT molecular complexity index is 579. The highest BCUT2D eigenvalue weighted by molar-refractivity contribution is 5.77. The number of fused-ring (bicyclic) bond motifs is 1. The van der Waals surface area contributed by atoms with E-state index in [9.17, 15) is 4.79 Å². The monoisotopic (exact) mass is 344 g/mol. The second kappa shape index (κ2) is 8.75. The van der Waals surface area contributed by atoms with Crippen LogP contribution in [0.3, 0.4) is 0 Å². The fourth-order valence-electron chi connectivity index (χ4n) is 3.78. The molecule has 0 unspecified atom stereocenters. The molecule has 3 heterocycles. The Morgan fingerprint density at radius 3 is 2.56 bits per heavy atom. The van der Waals surface area contributed by atoms with Crippen molar-refractivity contribution in [2.24, 2.45) is 5.92 Å². The molecule has 1 aromatic rings. The highest BCUT2D eigenvalue weighted by Crippen LogP contribution is 2.22. The predicted octanol–water partition coefficient (Wildman–Crippen LogP) is 3.17. The Balaban J connectivity index is 1.50. The average molecular weight is 345 g/mol. The zero-order chi connectivity index (χ0) is 17.6. The number of rotatable bonds is 5. The summed E-state index contributed by atoms with van der Waals surface area (Å²) in [6.07, 6.45) is 10.0. The molecule has 5 nitrogen and oxygen atoms in total. The maximum Gasteiger partial charge on any atom is 0.224 e. The van der Waals surface area contributed by atoms with Gasteiger partial charge in [-0.05, 0) is 31.8 Å². The van der Waals surface area contributed by atoms with Crippen molar-refractivity contribution in [3.05, 3.63) is 23.3 Å². The van der Waals surface area contributed by atoms with E-state index in [-0.39, 0.29) is 5.91 Å². The van der Waals surface area contributed by atoms with Crippen LogP contribution in [0.1, 0.15) is 69.5 Å². The van der Waals surface area contributed by atoms with E-state index in [1.807, 2.05) is 11.1 Å². The number of amides is 1. The third-order valence-electron chi connectivity index (χ3n) is 5.24. The van der Waals surface area contributed by atoms with Crippen LogP contribution in [0, 0.1) is 5.92 Å². The topological polar surface area (TPSA) is 49.3 Å². The van der Waals surface area contributed by atoms with Gasteiger partial charge in [-0.15, -0.1) is 0 Å². The number of carbonyl (C=O) groups is 1. The normalized spacial score (nSPS) is 18.9. The lowest BCUT2D eigenvalue weighted by atomic mass is 10.1. The maximum atomic E-state index is 12.6. The van der Waals surface area contributed by atoms with Crippen molar-refractivity contribution in [2.45, 2.75) is 71.9 Å². The molecule has 0 aromatic carbocycles. The minimum atomic E-state index is 0.255. The summed E-state index contributed by atoms with van der Waals surface area (Å²) in [4.78, 5) is 26.2. The quantitative estimate of drug-likeness (QED) is 0.823. The molecule has 1 amide bonds. The molecule has 3 rings (SSSR count). The first-order valence-corrected chi connectivity index (χ1v) is 9.95. The molecule has 138 valence electrons. The van der Waals surface area contributed by atoms with Gasteiger partial charge in [0.2, 0.25) is 5.91 Å². The smallest absolute Gasteiger partial charge is 0.224 e. The number of nitrogens with zero attached hydrogens (tertiary/aromatic N) is 4. The van der Waals surface area contributed by atoms with E-state index < -0.39 is 0 Å². The van der Waals surface area contributed by atoms with Crippen LogP contribution in [0.5, 0.6) is 0 Å². The summed E-state index contributed by atoms with van der Waals surface area (Å²) < 4.78 is 0. The molecule has 0 aliphatic carbocycles. The molecule has 1 saturated heterocycles. The zero-order valence-corrected chi connectivity index (χ0v) is 15.8. The summed E-state index contributed by atoms with van der Waals surface area (Å²) in [7, 11) is 0. The van der Waals surface area contributed by atoms with Crippen molar-refractivity contribution < 1.29 is 4.79 Å². The van der Waals surface area contributed by atoms with Gasteiger partial charge in [-0.3, -0.25) is 4.79 Å². The van der Waals surface area contributed by atoms with Crippen molar-refractivity contribution >= 4 is 5.91 Å². The van der Waals surface area contributed by atoms with Gasteiger partial charge in [0.05, 0.1) is 12.2 Å². The fourth-order valence-corrected chi connectivity index (χ4v) is 3.78. The summed E-state index contributed by atoms with van der Waals surface area (Å²) in [6.45, 7) is 8.89. The molecule has 1 fully saturated rings. The lowest BCUT2D eigenvalue weighted by molar-refractivity contribution is -0.132. The van der Waals surface area contributed by atoms with Gasteiger partial charge in [0.1, 0.15) is 5.82 Å². The number of carbonyl (C=O) groups excluding carboxylic acids is 1. The van der Waals surface area contributed by atoms with Gasteiger partial charge in [0.25, 0.3) is 0 Å². The first-order valence-electron chi connectivity index (χ1n) is 9.95. The van der Waals surface area contributed by atoms with Crippen LogP contribution in [-0.2, 0) is 24.3 Å². The zero-order valence-electron chi connectivity index (χ0n) is 15.8. The van der Waals surface area contributed by atoms with E-state index in [1.54, 1.807) is 0 Å². The number of hydrogen-bond acceptors (Lipinski definition) is 4. The molecule has 1 aromatic heterocycles. The highest BCUT2D eigenvalue weighted by atomic mass is 16.2. The molecule has 0 atom stereocenters. The van der Waals surface area contributed by atoms with Crippen molar-refractivity contribution in [2.75, 3.05) is 19.6 Å². The number of hydrogen-bond donors (Lipinski definition) is 0. The Morgan fingerprint density at radius 1 is 1.12 bits per heavy atom. The maximum absolute atomic E-state index is 12.6. The minimum absolute atomic E-state index is 0.255. The van der Waals surface area contributed by atoms with E-state index in [0.29, 0.717) is 25.4 Å². The fraction of sp³-hybridized carbons (Fsp3) is 0.750. The van der Waals surface area contributed by atoms with E-state index in [0.717, 1.165) is 43.1 Å². The Kier molecular flexibility index (Phi) is 6.40. The summed E-state index contributed by atoms with van der Waals surface area (Å²) in [5.41, 5.74) is 2.16. The Morgan fingerprint density at radius 2 is 1.84 bits per heavy atom. The van der Waals surface area contributed by atoms with Gasteiger partial charge in [-0.25, -0.2) is 9.97 Å². The second-order valence-electron chi connectivity index (χ2n) is 7.97. The molecule has 0 N–H and O–H groups in total. The summed E-state index contributed by atoms with van der Waals surface area (Å²) in [6, 6.07) is 0. The number of aromatic nitrogens is 2. The molecule has 0 saturated carbocycles. The SMILES string of the molecule is CC(C)Cc1ncc2c(n1)CN(C(=O)CCN1CCCCCCC1)C2. The van der Waals surface area contributed by atoms with Crippen LogP contribution in [-0.4, -0.2) is 45.3 Å². The lowest BCUT2D eigenvalue weighted by Crippen LogP contribution is -2.33. The molecular formula is C20H32N4O. The third-order valence-corrected chi connectivity index (χ3v) is 5.24. The molecule has 0 radical (unpaired) electrons. The molecule has 0 bridgehead atoms. The highest BCUT2D eigenvalue weighted by Gasteiger charge is 2.25. The summed E-state index contributed by atoms with van der Waals surface area (Å²) >= 11 is 0. The van der Waals surface area contributed by atoms with Crippen molar-refractivity contribution in [1.82, 2.24) is 19.8 Å². The van der Waals surface area contributed by atoms with Crippen molar-refractivity contribution in [3.63, 3.8) is 0 Å². The molecule has 0 spiro atoms. The minimum Gasteiger partial charge on any atom is -0.332 e. The first-order chi connectivity index (χ1) is 12.1. The molecule has 5 heteroatoms. The molecular weight excluding hydrogens is 312 g/mol. The van der Waals surface area contributed by atoms with Crippen LogP contribution >= 0.6 is 0 Å². The second-order valence-corrected chi connectivity index (χ2v) is 7.97. The van der Waals surface area contributed by atoms with E-state index >= 15 is 0 Å². The van der Waals surface area contributed by atoms with Gasteiger partial charge in [-0.2, -0.15) is 0 Å². The molecule has 2 aliphatic rings. The van der Waals surface area contributed by atoms with Crippen LogP contribution in [0.2, 0.25) is 0 Å². The Labute approximate surface area is 151 Å². The van der Waals surface area contributed by atoms with Gasteiger partial charge in [0, 0.05) is 37.7 Å². The van der Waals surface area contributed by atoms with Gasteiger partial charge >= 0.3 is 0 Å². The first kappa shape index (κ1) is 18.3. The van der Waals surface area contributed by atoms with Crippen LogP contribution in [0.4, 0.5) is 0 Å². The standard InChI is InChI=1S/C20H32N4O/c1-16(2)12-19-21-13-17-14-24(15-18(17)22-19)20(25)8-11-23-9-6-4-3-5-7-10-23/h13,16H,3-12,14-15H2,1-2H3. The Hall–Kier alpha value is -1.49. The third kappa shape index (κ3) is 5.24. The van der Waals surface area contributed by atoms with Gasteiger partial charge < -0.3 is 9.80 Å². The lowest BCUT2D eigenvalue weighted by Gasteiger charge is -2.25. The van der Waals surface area contributed by atoms with Gasteiger partial charge in [-0.1, -0.05) is 33.1 Å². The predicted molar refractivity (Wildman–Crippen MR) is 99.0 cm³/mol. The molecule has 2 aliphatic heterocycles. The average Bonchev–Trinajstić information content (AvgIpc) is 2.96. The van der Waals surface area contributed by atoms with Gasteiger partial charge in [0.15, 0.2) is 0 Å². The van der Waals surface area contributed by atoms with E-state index in [1.165, 1.54) is 32.1 Å². The summed E-state index contributed by atoms with van der Waals surface area (Å²) in [5, 5.41) is 0. The largest absolute Gasteiger partial charge is 0.332 e. The van der Waals surface area contributed by atoms with Crippen molar-refractivity contribution in [1.29, 1.82) is 0 Å². The van der Waals surface area contributed by atoms with E-state index in [2.05, 4.69) is 28.7 Å².